The zero-order valence-corrected chi connectivity index (χ0v) is 16.2. The molecule has 0 radical (unpaired) electrons. The Kier molecular flexibility index (Phi) is 2.91. The number of aryl methyl sites for hydroxylation is 1. The van der Waals surface area contributed by atoms with E-state index in [1.54, 1.807) is 13.8 Å². The van der Waals surface area contributed by atoms with Gasteiger partial charge >= 0.3 is 6.03 Å². The molecule has 2 aromatic rings. The van der Waals surface area contributed by atoms with Crippen molar-refractivity contribution in [1.29, 1.82) is 0 Å². The Hall–Kier alpha value is -2.55. The minimum atomic E-state index is -3.51. The number of aromatic nitrogens is 3. The summed E-state index contributed by atoms with van der Waals surface area (Å²) in [5.41, 5.74) is 1.37. The van der Waals surface area contributed by atoms with Crippen molar-refractivity contribution >= 4 is 28.4 Å². The Morgan fingerprint density at radius 2 is 2.14 bits per heavy atom. The highest BCUT2D eigenvalue weighted by molar-refractivity contribution is 7.19. The van der Waals surface area contributed by atoms with Crippen molar-refractivity contribution in [3.63, 3.8) is 0 Å². The van der Waals surface area contributed by atoms with Gasteiger partial charge in [0.05, 0.1) is 16.3 Å². The first-order valence-electron chi connectivity index (χ1n) is 13.0. The Morgan fingerprint density at radius 3 is 2.82 bits per heavy atom. The van der Waals surface area contributed by atoms with Crippen LogP contribution < -0.4 is 11.1 Å². The van der Waals surface area contributed by atoms with E-state index in [0.717, 1.165) is 17.5 Å². The van der Waals surface area contributed by atoms with Gasteiger partial charge in [0.2, 0.25) is 5.91 Å². The first-order chi connectivity index (χ1) is 16.8. The minimum absolute atomic E-state index is 0.0331. The number of nitrogens with zero attached hydrogens (tertiary/aromatic N) is 4. The molecule has 1 saturated heterocycles. The van der Waals surface area contributed by atoms with Crippen LogP contribution in [-0.4, -0.2) is 43.9 Å². The predicted octanol–water partition coefficient (Wildman–Crippen LogP) is 3.08. The highest BCUT2D eigenvalue weighted by atomic mass is 32.1. The quantitative estimate of drug-likeness (QED) is 0.805. The maximum Gasteiger partial charge on any atom is 0.324 e. The number of nitrogens with two attached hydrogens (primary N) is 1. The zero-order valence-electron chi connectivity index (χ0n) is 24.4. The molecule has 1 aliphatic rings. The third-order valence-corrected chi connectivity index (χ3v) is 5.75. The molecule has 0 bridgehead atoms. The largest absolute Gasteiger partial charge is 0.368 e. The van der Waals surface area contributed by atoms with Crippen LogP contribution >= 0.6 is 11.3 Å². The van der Waals surface area contributed by atoms with Crippen molar-refractivity contribution in [3.8, 4) is 10.6 Å². The van der Waals surface area contributed by atoms with Gasteiger partial charge in [0, 0.05) is 30.5 Å². The van der Waals surface area contributed by atoms with Crippen molar-refractivity contribution in [2.75, 3.05) is 11.9 Å². The molecule has 3 N–H and O–H groups in total. The SMILES string of the molecule is [2H]C([2H])([2H])C(c1nccc(-c2sc(NC(=O)N3CCC[C@@]3(C)C(N)=O)nc2C)n1)(C([2H])([2H])[2H])C([2H])([2H])[2H]. The summed E-state index contributed by atoms with van der Waals surface area (Å²) in [7, 11) is 0. The zero-order chi connectivity index (χ0) is 28.2. The number of carbonyl (C=O) groups is 2. The lowest BCUT2D eigenvalue weighted by Crippen LogP contribution is -2.55. The fourth-order valence-corrected chi connectivity index (χ4v) is 3.98. The summed E-state index contributed by atoms with van der Waals surface area (Å²) in [6.07, 6.45) is 2.09. The highest BCUT2D eigenvalue weighted by Gasteiger charge is 2.44. The Morgan fingerprint density at radius 1 is 1.39 bits per heavy atom. The molecule has 0 aromatic carbocycles. The van der Waals surface area contributed by atoms with E-state index < -0.39 is 49.3 Å². The number of thiazole rings is 1. The van der Waals surface area contributed by atoms with Gasteiger partial charge in [-0.3, -0.25) is 10.1 Å². The van der Waals surface area contributed by atoms with Gasteiger partial charge in [0.15, 0.2) is 5.13 Å². The number of anilines is 1. The number of likely N-dealkylation sites (tertiary alicyclic amines) is 1. The normalized spacial score (nSPS) is 25.8. The van der Waals surface area contributed by atoms with Gasteiger partial charge < -0.3 is 10.6 Å². The smallest absolute Gasteiger partial charge is 0.324 e. The van der Waals surface area contributed by atoms with Crippen molar-refractivity contribution in [2.45, 2.75) is 58.2 Å². The average molecular weight is 412 g/mol. The van der Waals surface area contributed by atoms with Crippen LogP contribution in [0.15, 0.2) is 12.3 Å². The fourth-order valence-electron chi connectivity index (χ4n) is 3.06. The topological polar surface area (TPSA) is 114 Å². The van der Waals surface area contributed by atoms with Gasteiger partial charge in [-0.2, -0.15) is 0 Å². The molecule has 150 valence electrons. The summed E-state index contributed by atoms with van der Waals surface area (Å²) in [6.45, 7) is -7.04. The van der Waals surface area contributed by atoms with Gasteiger partial charge in [0.1, 0.15) is 11.4 Å². The van der Waals surface area contributed by atoms with E-state index in [-0.39, 0.29) is 10.8 Å². The molecule has 1 fully saturated rings. The lowest BCUT2D eigenvalue weighted by molar-refractivity contribution is -0.126. The Bertz CT molecular complexity index is 1170. The molecular formula is C19H26N6O2S. The molecule has 1 atom stereocenters. The molecule has 28 heavy (non-hydrogen) atoms. The Balaban J connectivity index is 2.03. The van der Waals surface area contributed by atoms with Crippen LogP contribution in [0, 0.1) is 6.92 Å². The van der Waals surface area contributed by atoms with E-state index in [1.807, 2.05) is 0 Å². The molecule has 3 rings (SSSR count). The number of rotatable bonds is 3. The number of amides is 3. The Labute approximate surface area is 181 Å². The number of urea groups is 1. The lowest BCUT2D eigenvalue weighted by Gasteiger charge is -2.31. The van der Waals surface area contributed by atoms with E-state index in [4.69, 9.17) is 18.1 Å². The van der Waals surface area contributed by atoms with E-state index >= 15 is 0 Å². The van der Waals surface area contributed by atoms with Crippen LogP contribution in [0.2, 0.25) is 0 Å². The summed E-state index contributed by atoms with van der Waals surface area (Å²) >= 11 is 0.952. The van der Waals surface area contributed by atoms with Crippen LogP contribution in [0.1, 0.15) is 64.2 Å². The summed E-state index contributed by atoms with van der Waals surface area (Å²) in [5.74, 6) is -1.51. The van der Waals surface area contributed by atoms with Crippen molar-refractivity contribution in [2.24, 2.45) is 5.73 Å². The number of hydrogen-bond acceptors (Lipinski definition) is 6. The summed E-state index contributed by atoms with van der Waals surface area (Å²) < 4.78 is 70.8. The second kappa shape index (κ2) is 7.12. The summed E-state index contributed by atoms with van der Waals surface area (Å²) in [5, 5.41) is 2.75. The van der Waals surface area contributed by atoms with E-state index in [9.17, 15) is 9.59 Å². The van der Waals surface area contributed by atoms with E-state index in [2.05, 4.69) is 20.3 Å². The monoisotopic (exact) mass is 411 g/mol. The molecule has 8 nitrogen and oxygen atoms in total. The predicted molar refractivity (Wildman–Crippen MR) is 109 cm³/mol. The maximum atomic E-state index is 12.9. The van der Waals surface area contributed by atoms with Gasteiger partial charge in [-0.05, 0) is 32.8 Å². The van der Waals surface area contributed by atoms with Gasteiger partial charge in [-0.15, -0.1) is 0 Å². The van der Waals surface area contributed by atoms with Crippen molar-refractivity contribution in [3.05, 3.63) is 23.8 Å². The van der Waals surface area contributed by atoms with Crippen LogP contribution in [-0.2, 0) is 10.2 Å². The minimum Gasteiger partial charge on any atom is -0.368 e. The molecule has 2 aromatic heterocycles. The molecule has 0 saturated carbocycles. The highest BCUT2D eigenvalue weighted by Crippen LogP contribution is 2.34. The molecule has 0 unspecified atom stereocenters. The van der Waals surface area contributed by atoms with Crippen LogP contribution in [0.4, 0.5) is 9.93 Å². The first kappa shape index (κ1) is 11.5. The third-order valence-electron chi connectivity index (χ3n) is 4.65. The maximum absolute atomic E-state index is 12.9. The lowest BCUT2D eigenvalue weighted by atomic mass is 9.95. The standard InChI is InChI=1S/C19H26N6O2S/c1-11-13(12-7-9-21-15(23-12)18(2,3)4)28-16(22-11)24-17(27)25-10-6-8-19(25,5)14(20)26/h7,9H,6,8,10H2,1-5H3,(H2,20,26)(H,22,24,27)/t19-/m0/s1/i2D3,3D3,4D3. The summed E-state index contributed by atoms with van der Waals surface area (Å²) in [6, 6.07) is 0.762. The molecule has 0 aliphatic carbocycles. The number of carbonyl (C=O) groups excluding carboxylic acids is 2. The number of nitrogens with one attached hydrogen (secondary N) is 1. The summed E-state index contributed by atoms with van der Waals surface area (Å²) in [4.78, 5) is 38.6. The van der Waals surface area contributed by atoms with Gasteiger partial charge in [-0.1, -0.05) is 31.9 Å². The molecule has 1 aliphatic heterocycles. The molecule has 9 heteroatoms. The first-order valence-corrected chi connectivity index (χ1v) is 9.29. The number of hydrogen-bond donors (Lipinski definition) is 2. The van der Waals surface area contributed by atoms with E-state index in [0.29, 0.717) is 30.0 Å². The van der Waals surface area contributed by atoms with Crippen molar-refractivity contribution in [1.82, 2.24) is 19.9 Å². The van der Waals surface area contributed by atoms with Crippen LogP contribution in [0.5, 0.6) is 0 Å². The molecule has 3 amide bonds. The third kappa shape index (κ3) is 3.71. The molecule has 3 heterocycles. The molecule has 0 spiro atoms. The fraction of sp³-hybridized carbons (Fsp3) is 0.526. The van der Waals surface area contributed by atoms with Gasteiger partial charge in [0.25, 0.3) is 0 Å². The van der Waals surface area contributed by atoms with Crippen LogP contribution in [0.3, 0.4) is 0 Å². The second-order valence-electron chi connectivity index (χ2n) is 6.77. The van der Waals surface area contributed by atoms with Crippen LogP contribution in [0.25, 0.3) is 10.6 Å². The van der Waals surface area contributed by atoms with E-state index in [1.165, 1.54) is 11.0 Å². The average Bonchev–Trinajstić information content (AvgIpc) is 3.28. The second-order valence-corrected chi connectivity index (χ2v) is 7.77. The molecular weight excluding hydrogens is 376 g/mol. The number of primary amides is 1. The van der Waals surface area contributed by atoms with Gasteiger partial charge in [-0.25, -0.2) is 19.7 Å². The van der Waals surface area contributed by atoms with Crippen molar-refractivity contribution < 1.29 is 21.9 Å².